The van der Waals surface area contributed by atoms with E-state index in [1.807, 2.05) is 23.5 Å². The van der Waals surface area contributed by atoms with Gasteiger partial charge in [-0.25, -0.2) is 4.98 Å². The number of thiocarbonyl (C=S) groups is 1. The van der Waals surface area contributed by atoms with Gasteiger partial charge < -0.3 is 5.73 Å². The number of hydrogen-bond acceptors (Lipinski definition) is 4. The van der Waals surface area contributed by atoms with Gasteiger partial charge in [-0.1, -0.05) is 50.7 Å². The Morgan fingerprint density at radius 1 is 0.870 bits per heavy atom. The molecule has 0 amide bonds. The Bertz CT molecular complexity index is 497. The predicted octanol–water partition coefficient (Wildman–Crippen LogP) is 5.57. The van der Waals surface area contributed by atoms with Gasteiger partial charge in [0.25, 0.3) is 0 Å². The van der Waals surface area contributed by atoms with Crippen LogP contribution < -0.4 is 5.73 Å². The highest BCUT2D eigenvalue weighted by atomic mass is 32.2. The second-order valence-corrected chi connectivity index (χ2v) is 9.73. The topological polar surface area (TPSA) is 38.9 Å². The van der Waals surface area contributed by atoms with Crippen LogP contribution in [0.3, 0.4) is 0 Å². The van der Waals surface area contributed by atoms with E-state index in [1.54, 1.807) is 0 Å². The number of pyridine rings is 1. The van der Waals surface area contributed by atoms with E-state index in [9.17, 15) is 0 Å². The summed E-state index contributed by atoms with van der Waals surface area (Å²) >= 11 is 9.09. The molecule has 0 bridgehead atoms. The maximum atomic E-state index is 5.90. The van der Waals surface area contributed by atoms with Gasteiger partial charge >= 0.3 is 0 Å². The van der Waals surface area contributed by atoms with Crippen LogP contribution in [0, 0.1) is 0 Å². The molecule has 0 radical (unpaired) electrons. The number of thioether (sulfide) groups is 2. The van der Waals surface area contributed by atoms with Crippen molar-refractivity contribution in [3.05, 3.63) is 17.7 Å². The predicted molar refractivity (Wildman–Crippen MR) is 106 cm³/mol. The summed E-state index contributed by atoms with van der Waals surface area (Å²) in [5.41, 5.74) is 6.88. The van der Waals surface area contributed by atoms with Gasteiger partial charge in [0.2, 0.25) is 0 Å². The second-order valence-electron chi connectivity index (χ2n) is 6.65. The lowest BCUT2D eigenvalue weighted by Crippen LogP contribution is -2.13. The maximum Gasteiger partial charge on any atom is 0.104 e. The van der Waals surface area contributed by atoms with E-state index < -0.39 is 0 Å². The minimum absolute atomic E-state index is 0.489. The summed E-state index contributed by atoms with van der Waals surface area (Å²) in [7, 11) is 0. The van der Waals surface area contributed by atoms with Crippen molar-refractivity contribution in [2.75, 3.05) is 0 Å². The van der Waals surface area contributed by atoms with Crippen LogP contribution in [0.15, 0.2) is 22.2 Å². The molecule has 2 aliphatic rings. The average Bonchev–Trinajstić information content (AvgIpc) is 2.56. The first-order chi connectivity index (χ1) is 11.2. The molecule has 2 N–H and O–H groups in total. The average molecular weight is 367 g/mol. The molecule has 1 aromatic heterocycles. The van der Waals surface area contributed by atoms with Crippen molar-refractivity contribution >= 4 is 40.7 Å². The van der Waals surface area contributed by atoms with Crippen molar-refractivity contribution in [1.82, 2.24) is 4.98 Å². The van der Waals surface area contributed by atoms with Crippen LogP contribution in [0.25, 0.3) is 0 Å². The lowest BCUT2D eigenvalue weighted by Gasteiger charge is -2.22. The summed E-state index contributed by atoms with van der Waals surface area (Å²) < 4.78 is 0. The molecular weight excluding hydrogens is 340 g/mol. The SMILES string of the molecule is NC(=S)c1cc(SC2CCCCC2)nc(SC2CCCCC2)c1. The van der Waals surface area contributed by atoms with Crippen molar-refractivity contribution < 1.29 is 0 Å². The van der Waals surface area contributed by atoms with Crippen LogP contribution >= 0.6 is 35.7 Å². The number of nitrogens with zero attached hydrogens (tertiary/aromatic N) is 1. The van der Waals surface area contributed by atoms with Crippen molar-refractivity contribution in [3.8, 4) is 0 Å². The highest BCUT2D eigenvalue weighted by Crippen LogP contribution is 2.37. The van der Waals surface area contributed by atoms with Gasteiger partial charge in [0.05, 0.1) is 10.1 Å². The summed E-state index contributed by atoms with van der Waals surface area (Å²) in [5, 5.41) is 3.65. The molecule has 1 aromatic rings. The molecule has 2 fully saturated rings. The highest BCUT2D eigenvalue weighted by molar-refractivity contribution is 8.00. The molecule has 0 aliphatic heterocycles. The maximum absolute atomic E-state index is 5.90. The van der Waals surface area contributed by atoms with E-state index >= 15 is 0 Å². The van der Waals surface area contributed by atoms with Crippen molar-refractivity contribution in [3.63, 3.8) is 0 Å². The molecule has 0 atom stereocenters. The Morgan fingerprint density at radius 3 is 1.70 bits per heavy atom. The summed E-state index contributed by atoms with van der Waals surface area (Å²) in [5.74, 6) is 0. The zero-order valence-electron chi connectivity index (χ0n) is 13.6. The fourth-order valence-corrected chi connectivity index (χ4v) is 6.14. The van der Waals surface area contributed by atoms with Gasteiger partial charge in [0.15, 0.2) is 0 Å². The fraction of sp³-hybridized carbons (Fsp3) is 0.667. The first kappa shape index (κ1) is 17.6. The Hall–Kier alpha value is -0.260. The Labute approximate surface area is 153 Å². The third-order valence-corrected chi connectivity index (χ3v) is 7.49. The van der Waals surface area contributed by atoms with E-state index in [-0.39, 0.29) is 0 Å². The zero-order chi connectivity index (χ0) is 16.1. The normalized spacial score (nSPS) is 20.5. The van der Waals surface area contributed by atoms with E-state index in [1.165, 1.54) is 64.2 Å². The summed E-state index contributed by atoms with van der Waals surface area (Å²) in [4.78, 5) is 5.40. The molecular formula is C18H26N2S3. The summed E-state index contributed by atoms with van der Waals surface area (Å²) in [6.45, 7) is 0. The zero-order valence-corrected chi connectivity index (χ0v) is 16.1. The Kier molecular flexibility index (Phi) is 6.66. The molecule has 0 unspecified atom stereocenters. The van der Waals surface area contributed by atoms with Crippen LogP contribution in [0.5, 0.6) is 0 Å². The first-order valence-electron chi connectivity index (χ1n) is 8.86. The first-order valence-corrected chi connectivity index (χ1v) is 11.0. The van der Waals surface area contributed by atoms with Crippen molar-refractivity contribution in [1.29, 1.82) is 0 Å². The van der Waals surface area contributed by atoms with Gasteiger partial charge in [-0.3, -0.25) is 0 Å². The number of aromatic nitrogens is 1. The molecule has 0 spiro atoms. The minimum atomic E-state index is 0.489. The van der Waals surface area contributed by atoms with Crippen molar-refractivity contribution in [2.24, 2.45) is 5.73 Å². The number of nitrogens with two attached hydrogens (primary N) is 1. The molecule has 3 rings (SSSR count). The molecule has 126 valence electrons. The molecule has 2 saturated carbocycles. The largest absolute Gasteiger partial charge is 0.389 e. The van der Waals surface area contributed by atoms with Crippen LogP contribution in [-0.4, -0.2) is 20.5 Å². The minimum Gasteiger partial charge on any atom is -0.389 e. The van der Waals surface area contributed by atoms with Gasteiger partial charge in [-0.2, -0.15) is 0 Å². The quantitative estimate of drug-likeness (QED) is 0.690. The molecule has 5 heteroatoms. The smallest absolute Gasteiger partial charge is 0.104 e. The third-order valence-electron chi connectivity index (χ3n) is 4.74. The van der Waals surface area contributed by atoms with Crippen LogP contribution in [0.4, 0.5) is 0 Å². The Balaban J connectivity index is 1.73. The summed E-state index contributed by atoms with van der Waals surface area (Å²) in [6.07, 6.45) is 13.5. The van der Waals surface area contributed by atoms with Gasteiger partial charge in [-0.15, -0.1) is 23.5 Å². The standard InChI is InChI=1S/C18H26N2S3/c19-18(21)13-11-16(22-14-7-3-1-4-8-14)20-17(12-13)23-15-9-5-2-6-10-15/h11-12,14-15H,1-10H2,(H2,19,21). The van der Waals surface area contributed by atoms with Crippen LogP contribution in [0.2, 0.25) is 0 Å². The molecule has 2 aliphatic carbocycles. The fourth-order valence-electron chi connectivity index (χ4n) is 3.45. The lowest BCUT2D eigenvalue weighted by molar-refractivity contribution is 0.515. The molecule has 0 saturated heterocycles. The second kappa shape index (κ2) is 8.72. The van der Waals surface area contributed by atoms with E-state index in [2.05, 4.69) is 12.1 Å². The van der Waals surface area contributed by atoms with E-state index in [4.69, 9.17) is 22.9 Å². The van der Waals surface area contributed by atoms with Crippen molar-refractivity contribution in [2.45, 2.75) is 84.8 Å². The third kappa shape index (κ3) is 5.36. The number of hydrogen-bond donors (Lipinski definition) is 1. The molecule has 0 aromatic carbocycles. The van der Waals surface area contributed by atoms with Crippen LogP contribution in [0.1, 0.15) is 69.8 Å². The van der Waals surface area contributed by atoms with Gasteiger partial charge in [-0.05, 0) is 37.8 Å². The molecule has 2 nitrogen and oxygen atoms in total. The van der Waals surface area contributed by atoms with Gasteiger partial charge in [0, 0.05) is 16.1 Å². The number of rotatable bonds is 5. The monoisotopic (exact) mass is 366 g/mol. The van der Waals surface area contributed by atoms with Crippen LogP contribution in [-0.2, 0) is 0 Å². The molecule has 1 heterocycles. The van der Waals surface area contributed by atoms with Gasteiger partial charge in [0.1, 0.15) is 4.99 Å². The lowest BCUT2D eigenvalue weighted by atomic mass is 10.0. The Morgan fingerprint density at radius 2 is 1.30 bits per heavy atom. The summed E-state index contributed by atoms with van der Waals surface area (Å²) in [6, 6.07) is 4.18. The van der Waals surface area contributed by atoms with E-state index in [0.29, 0.717) is 15.5 Å². The van der Waals surface area contributed by atoms with E-state index in [0.717, 1.165) is 15.6 Å². The highest BCUT2D eigenvalue weighted by Gasteiger charge is 2.19. The molecule has 23 heavy (non-hydrogen) atoms.